The summed E-state index contributed by atoms with van der Waals surface area (Å²) in [4.78, 5) is 4.74. The molecule has 0 radical (unpaired) electrons. The highest BCUT2D eigenvalue weighted by molar-refractivity contribution is 6.15. The second kappa shape index (κ2) is 5.94. The molecule has 0 N–H and O–H groups in total. The van der Waals surface area contributed by atoms with Crippen molar-refractivity contribution in [3.63, 3.8) is 0 Å². The lowest BCUT2D eigenvalue weighted by Gasteiger charge is -2.31. The summed E-state index contributed by atoms with van der Waals surface area (Å²) in [5.41, 5.74) is 8.57. The Balaban J connectivity index is 2.21. The minimum absolute atomic E-state index is 0.179. The van der Waals surface area contributed by atoms with E-state index < -0.39 is 0 Å². The molecule has 2 aromatic heterocycles. The first-order valence-electron chi connectivity index (χ1n) is 9.93. The van der Waals surface area contributed by atoms with E-state index in [1.54, 1.807) is 0 Å². The van der Waals surface area contributed by atoms with Gasteiger partial charge in [0, 0.05) is 17.0 Å². The summed E-state index contributed by atoms with van der Waals surface area (Å²) >= 11 is 0. The third-order valence-electron chi connectivity index (χ3n) is 5.92. The highest BCUT2D eigenvalue weighted by Crippen LogP contribution is 2.51. The quantitative estimate of drug-likeness (QED) is 0.470. The lowest BCUT2D eigenvalue weighted by molar-refractivity contribution is 0.410. The van der Waals surface area contributed by atoms with E-state index in [-0.39, 0.29) is 10.8 Å². The van der Waals surface area contributed by atoms with Gasteiger partial charge >= 0.3 is 0 Å². The van der Waals surface area contributed by atoms with Crippen LogP contribution in [-0.2, 0) is 11.8 Å². The summed E-state index contributed by atoms with van der Waals surface area (Å²) in [7, 11) is 0. The molecule has 1 aliphatic rings. The first kappa shape index (κ1) is 18.7. The van der Waals surface area contributed by atoms with Gasteiger partial charge in [-0.2, -0.15) is 0 Å². The Bertz CT molecular complexity index is 1180. The molecule has 28 heavy (non-hydrogen) atoms. The molecule has 3 aromatic rings. The number of nitrogens with zero attached hydrogens (tertiary/aromatic N) is 1. The van der Waals surface area contributed by atoms with Crippen LogP contribution in [0.5, 0.6) is 0 Å². The minimum atomic E-state index is -0.231. The van der Waals surface area contributed by atoms with Crippen LogP contribution >= 0.6 is 0 Å². The molecule has 0 fully saturated rings. The van der Waals surface area contributed by atoms with E-state index in [4.69, 9.17) is 9.40 Å². The van der Waals surface area contributed by atoms with Crippen molar-refractivity contribution in [3.05, 3.63) is 71.6 Å². The lowest BCUT2D eigenvalue weighted by Crippen LogP contribution is -2.22. The third-order valence-corrected chi connectivity index (χ3v) is 5.92. The third kappa shape index (κ3) is 2.58. The van der Waals surface area contributed by atoms with E-state index in [0.717, 1.165) is 39.8 Å². The van der Waals surface area contributed by atoms with Crippen LogP contribution in [-0.4, -0.2) is 4.98 Å². The van der Waals surface area contributed by atoms with Gasteiger partial charge in [0.1, 0.15) is 11.2 Å². The van der Waals surface area contributed by atoms with E-state index in [0.29, 0.717) is 0 Å². The van der Waals surface area contributed by atoms with Gasteiger partial charge in [-0.1, -0.05) is 66.0 Å². The van der Waals surface area contributed by atoms with Crippen molar-refractivity contribution in [1.29, 1.82) is 0 Å². The van der Waals surface area contributed by atoms with Crippen LogP contribution in [0.1, 0.15) is 58.4 Å². The van der Waals surface area contributed by atoms with Crippen LogP contribution in [0.25, 0.3) is 27.5 Å². The molecule has 0 spiro atoms. The van der Waals surface area contributed by atoms with Crippen LogP contribution < -0.4 is 0 Å². The molecular formula is C26H29NO. The average molecular weight is 372 g/mol. The Morgan fingerprint density at radius 2 is 1.89 bits per heavy atom. The zero-order valence-electron chi connectivity index (χ0n) is 17.9. The molecule has 2 heterocycles. The number of hydrogen-bond acceptors (Lipinski definition) is 2. The van der Waals surface area contributed by atoms with Crippen LogP contribution in [0.2, 0.25) is 0 Å². The first-order valence-corrected chi connectivity index (χ1v) is 9.93. The van der Waals surface area contributed by atoms with Crippen molar-refractivity contribution in [2.24, 2.45) is 5.41 Å². The van der Waals surface area contributed by atoms with Gasteiger partial charge in [0.25, 0.3) is 0 Å². The predicted molar refractivity (Wildman–Crippen MR) is 120 cm³/mol. The highest BCUT2D eigenvalue weighted by atomic mass is 16.3. The molecule has 2 nitrogen and oxygen atoms in total. The molecule has 0 saturated carbocycles. The summed E-state index contributed by atoms with van der Waals surface area (Å²) < 4.78 is 6.43. The molecule has 0 atom stereocenters. The first-order chi connectivity index (χ1) is 13.1. The molecular weight excluding hydrogens is 342 g/mol. The smallest absolute Gasteiger partial charge is 0.139 e. The summed E-state index contributed by atoms with van der Waals surface area (Å²) in [6.07, 6.45) is 4.71. The number of pyridine rings is 1. The van der Waals surface area contributed by atoms with Crippen molar-refractivity contribution in [1.82, 2.24) is 4.98 Å². The molecule has 1 aliphatic carbocycles. The van der Waals surface area contributed by atoms with Crippen molar-refractivity contribution >= 4 is 27.5 Å². The molecule has 144 valence electrons. The fourth-order valence-corrected chi connectivity index (χ4v) is 4.79. The number of aromatic nitrogens is 1. The normalized spacial score (nSPS) is 18.0. The Morgan fingerprint density at radius 1 is 1.18 bits per heavy atom. The summed E-state index contributed by atoms with van der Waals surface area (Å²) in [6.45, 7) is 21.9. The Hall–Kier alpha value is -2.61. The standard InChI is InChI=1S/C26H29NO/c1-9-15(2)22-16(3)23-21-19(12-13-27-23)28-24-17(14-25(4,5)6)10-11-18(20(21)24)26(22,7)8/h9-13H,1,3,14H2,2,4-8H3/b22-15-. The second-order valence-electron chi connectivity index (χ2n) is 9.71. The maximum atomic E-state index is 6.43. The van der Waals surface area contributed by atoms with E-state index >= 15 is 0 Å². The molecule has 0 bridgehead atoms. The maximum absolute atomic E-state index is 6.43. The fourth-order valence-electron chi connectivity index (χ4n) is 4.79. The fraction of sp³-hybridized carbons (Fsp3) is 0.346. The van der Waals surface area contributed by atoms with E-state index in [1.807, 2.05) is 18.3 Å². The van der Waals surface area contributed by atoms with Crippen LogP contribution in [0.15, 0.2) is 59.2 Å². The van der Waals surface area contributed by atoms with Gasteiger partial charge in [-0.25, -0.2) is 0 Å². The van der Waals surface area contributed by atoms with E-state index in [2.05, 4.69) is 66.8 Å². The summed E-state index contributed by atoms with van der Waals surface area (Å²) in [5, 5.41) is 2.28. The predicted octanol–water partition coefficient (Wildman–Crippen LogP) is 7.38. The minimum Gasteiger partial charge on any atom is -0.456 e. The number of allylic oxidation sites excluding steroid dienone is 4. The van der Waals surface area contributed by atoms with Gasteiger partial charge in [0.2, 0.25) is 0 Å². The molecule has 2 heteroatoms. The Kier molecular flexibility index (Phi) is 3.98. The van der Waals surface area contributed by atoms with Gasteiger partial charge in [0.05, 0.1) is 11.1 Å². The van der Waals surface area contributed by atoms with Gasteiger partial charge < -0.3 is 4.42 Å². The van der Waals surface area contributed by atoms with E-state index in [1.165, 1.54) is 22.1 Å². The molecule has 0 aliphatic heterocycles. The molecule has 1 aromatic carbocycles. The SMILES string of the molecule is C=C/C(C)=C1/C(=C)c2nccc3oc4c(CC(C)(C)C)ccc(c4c23)C1(C)C. The van der Waals surface area contributed by atoms with Gasteiger partial charge in [-0.15, -0.1) is 0 Å². The Labute approximate surface area is 167 Å². The largest absolute Gasteiger partial charge is 0.456 e. The zero-order chi connectivity index (χ0) is 20.4. The van der Waals surface area contributed by atoms with E-state index in [9.17, 15) is 0 Å². The number of rotatable bonds is 2. The molecule has 4 rings (SSSR count). The number of hydrogen-bond donors (Lipinski definition) is 0. The summed E-state index contributed by atoms with van der Waals surface area (Å²) in [5.74, 6) is 0. The highest BCUT2D eigenvalue weighted by Gasteiger charge is 2.37. The molecule has 0 saturated heterocycles. The van der Waals surface area contributed by atoms with Crippen LogP contribution in [0.4, 0.5) is 0 Å². The van der Waals surface area contributed by atoms with Crippen molar-refractivity contribution in [2.75, 3.05) is 0 Å². The van der Waals surface area contributed by atoms with Crippen molar-refractivity contribution < 1.29 is 4.42 Å². The summed E-state index contributed by atoms with van der Waals surface area (Å²) in [6, 6.07) is 6.50. The zero-order valence-corrected chi connectivity index (χ0v) is 17.9. The van der Waals surface area contributed by atoms with Crippen LogP contribution in [0.3, 0.4) is 0 Å². The Morgan fingerprint density at radius 3 is 2.54 bits per heavy atom. The maximum Gasteiger partial charge on any atom is 0.139 e. The van der Waals surface area contributed by atoms with Crippen molar-refractivity contribution in [3.8, 4) is 0 Å². The van der Waals surface area contributed by atoms with Gasteiger partial charge in [0.15, 0.2) is 0 Å². The van der Waals surface area contributed by atoms with Crippen molar-refractivity contribution in [2.45, 2.75) is 53.4 Å². The number of benzene rings is 1. The molecule has 0 amide bonds. The average Bonchev–Trinajstić information content (AvgIpc) is 2.97. The van der Waals surface area contributed by atoms with Gasteiger partial charge in [-0.3, -0.25) is 4.98 Å². The monoisotopic (exact) mass is 371 g/mol. The van der Waals surface area contributed by atoms with Gasteiger partial charge in [-0.05, 0) is 52.7 Å². The lowest BCUT2D eigenvalue weighted by atomic mass is 9.72. The van der Waals surface area contributed by atoms with Crippen LogP contribution in [0, 0.1) is 5.41 Å². The number of furan rings is 1. The topological polar surface area (TPSA) is 26.0 Å². The molecule has 0 unspecified atom stereocenters. The second-order valence-corrected chi connectivity index (χ2v) is 9.71.